The molecule has 2 aromatic rings. The first-order valence-corrected chi connectivity index (χ1v) is 10.9. The quantitative estimate of drug-likeness (QED) is 0.365. The minimum absolute atomic E-state index is 0.00361. The smallest absolute Gasteiger partial charge is 0.254 e. The van der Waals surface area contributed by atoms with E-state index in [9.17, 15) is 9.59 Å². The van der Waals surface area contributed by atoms with Crippen LogP contribution in [0.3, 0.4) is 0 Å². The van der Waals surface area contributed by atoms with Crippen molar-refractivity contribution in [2.45, 2.75) is 85.2 Å². The lowest BCUT2D eigenvalue weighted by Gasteiger charge is -2.13. The molecular weight excluding hydrogens is 348 g/mol. The minimum atomic E-state index is -0.00506. The van der Waals surface area contributed by atoms with Crippen LogP contribution in [0.15, 0.2) is 24.3 Å². The summed E-state index contributed by atoms with van der Waals surface area (Å²) >= 11 is 0. The van der Waals surface area contributed by atoms with Gasteiger partial charge < -0.3 is 0 Å². The van der Waals surface area contributed by atoms with E-state index in [0.29, 0.717) is 22.5 Å². The van der Waals surface area contributed by atoms with Crippen molar-refractivity contribution in [1.82, 2.24) is 4.57 Å². The van der Waals surface area contributed by atoms with Gasteiger partial charge in [0, 0.05) is 18.1 Å². The highest BCUT2D eigenvalue weighted by molar-refractivity contribution is 6.26. The van der Waals surface area contributed by atoms with Gasteiger partial charge in [0.15, 0.2) is 0 Å². The predicted molar refractivity (Wildman–Crippen MR) is 111 cm³/mol. The van der Waals surface area contributed by atoms with Crippen LogP contribution < -0.4 is 4.57 Å². The summed E-state index contributed by atoms with van der Waals surface area (Å²) < 4.78 is 4.22. The molecule has 1 aliphatic rings. The van der Waals surface area contributed by atoms with Crippen LogP contribution in [0, 0.1) is 6.92 Å². The number of fused-ring (bicyclic) bond motifs is 2. The second kappa shape index (κ2) is 9.31. The molecule has 1 aromatic heterocycles. The zero-order chi connectivity index (χ0) is 20.1. The standard InChI is InChI=1S/C24H33N2O2/c1-4-6-8-9-13-17-26-18(3)25(16-12-7-5-2)21-22(26)24(28)20-15-11-10-14-19(20)23(21)27/h10-11,14-15H,4-9,12-13,16-17H2,1-3H3/q+1. The second-order valence-corrected chi connectivity index (χ2v) is 7.87. The third-order valence-corrected chi connectivity index (χ3v) is 5.86. The number of ketones is 2. The molecule has 3 rings (SSSR count). The third kappa shape index (κ3) is 3.82. The number of unbranched alkanes of at least 4 members (excludes halogenated alkanes) is 6. The molecule has 150 valence electrons. The first-order valence-electron chi connectivity index (χ1n) is 10.9. The largest absolute Gasteiger partial charge is 0.284 e. The van der Waals surface area contributed by atoms with E-state index >= 15 is 0 Å². The Morgan fingerprint density at radius 3 is 2.11 bits per heavy atom. The van der Waals surface area contributed by atoms with E-state index in [2.05, 4.69) is 29.9 Å². The maximum absolute atomic E-state index is 13.3. The molecule has 0 saturated carbocycles. The van der Waals surface area contributed by atoms with Crippen molar-refractivity contribution in [3.63, 3.8) is 0 Å². The Morgan fingerprint density at radius 1 is 0.821 bits per heavy atom. The van der Waals surface area contributed by atoms with Gasteiger partial charge in [0.25, 0.3) is 5.82 Å². The van der Waals surface area contributed by atoms with Crippen LogP contribution in [0.1, 0.15) is 103 Å². The van der Waals surface area contributed by atoms with Crippen LogP contribution in [0.4, 0.5) is 0 Å². The molecule has 0 saturated heterocycles. The fraction of sp³-hybridized carbons (Fsp3) is 0.542. The number of imidazole rings is 1. The minimum Gasteiger partial charge on any atom is -0.284 e. The highest BCUT2D eigenvalue weighted by Gasteiger charge is 2.42. The summed E-state index contributed by atoms with van der Waals surface area (Å²) in [5, 5.41) is 0. The Morgan fingerprint density at radius 2 is 1.43 bits per heavy atom. The zero-order valence-corrected chi connectivity index (χ0v) is 17.6. The molecule has 0 aliphatic heterocycles. The Balaban J connectivity index is 1.99. The number of hydrogen-bond donors (Lipinski definition) is 0. The molecular formula is C24H33N2O2+. The lowest BCUT2D eigenvalue weighted by atomic mass is 9.90. The van der Waals surface area contributed by atoms with Crippen molar-refractivity contribution < 1.29 is 14.2 Å². The van der Waals surface area contributed by atoms with Crippen LogP contribution in [0.25, 0.3) is 0 Å². The van der Waals surface area contributed by atoms with Gasteiger partial charge in [-0.1, -0.05) is 63.8 Å². The van der Waals surface area contributed by atoms with Crippen LogP contribution in [0.2, 0.25) is 0 Å². The molecule has 4 heteroatoms. The molecule has 1 aromatic carbocycles. The summed E-state index contributed by atoms with van der Waals surface area (Å²) in [6, 6.07) is 7.25. The number of carbonyl (C=O) groups excluding carboxylic acids is 2. The van der Waals surface area contributed by atoms with Crippen LogP contribution >= 0.6 is 0 Å². The lowest BCUT2D eigenvalue weighted by molar-refractivity contribution is -0.704. The highest BCUT2D eigenvalue weighted by Crippen LogP contribution is 2.27. The molecule has 0 N–H and O–H groups in total. The van der Waals surface area contributed by atoms with E-state index in [1.165, 1.54) is 19.3 Å². The Kier molecular flexibility index (Phi) is 6.82. The normalized spacial score (nSPS) is 13.0. The fourth-order valence-electron chi connectivity index (χ4n) is 4.26. The zero-order valence-electron chi connectivity index (χ0n) is 17.6. The van der Waals surface area contributed by atoms with Gasteiger partial charge >= 0.3 is 0 Å². The van der Waals surface area contributed by atoms with Gasteiger partial charge in [-0.25, -0.2) is 9.13 Å². The molecule has 4 nitrogen and oxygen atoms in total. The summed E-state index contributed by atoms with van der Waals surface area (Å²) in [5.41, 5.74) is 2.30. The number of aromatic nitrogens is 2. The van der Waals surface area contributed by atoms with Crippen molar-refractivity contribution in [3.05, 3.63) is 52.6 Å². The molecule has 1 aliphatic carbocycles. The lowest BCUT2D eigenvalue weighted by Crippen LogP contribution is -2.43. The average Bonchev–Trinajstić information content (AvgIpc) is 2.98. The number of carbonyl (C=O) groups is 2. The van der Waals surface area contributed by atoms with Crippen molar-refractivity contribution in [2.24, 2.45) is 0 Å². The predicted octanol–water partition coefficient (Wildman–Crippen LogP) is 5.02. The van der Waals surface area contributed by atoms with Crippen molar-refractivity contribution in [3.8, 4) is 0 Å². The molecule has 1 heterocycles. The number of rotatable bonds is 10. The Bertz CT molecular complexity index is 864. The van der Waals surface area contributed by atoms with Crippen LogP contribution in [0.5, 0.6) is 0 Å². The van der Waals surface area contributed by atoms with E-state index in [-0.39, 0.29) is 11.6 Å². The fourth-order valence-corrected chi connectivity index (χ4v) is 4.26. The highest BCUT2D eigenvalue weighted by atomic mass is 16.1. The summed E-state index contributed by atoms with van der Waals surface area (Å²) in [5.74, 6) is 1.02. The number of hydrogen-bond acceptors (Lipinski definition) is 2. The van der Waals surface area contributed by atoms with Gasteiger partial charge in [-0.2, -0.15) is 0 Å². The Labute approximate surface area is 168 Å². The summed E-state index contributed by atoms with van der Waals surface area (Å²) in [6.07, 6.45) is 9.19. The number of nitrogens with zero attached hydrogens (tertiary/aromatic N) is 2. The van der Waals surface area contributed by atoms with E-state index in [0.717, 1.165) is 51.0 Å². The van der Waals surface area contributed by atoms with E-state index < -0.39 is 0 Å². The molecule has 0 radical (unpaired) electrons. The second-order valence-electron chi connectivity index (χ2n) is 7.87. The maximum atomic E-state index is 13.3. The van der Waals surface area contributed by atoms with Crippen LogP contribution in [-0.2, 0) is 13.1 Å². The average molecular weight is 382 g/mol. The maximum Gasteiger partial charge on any atom is 0.254 e. The van der Waals surface area contributed by atoms with Gasteiger partial charge in [0.1, 0.15) is 0 Å². The van der Waals surface area contributed by atoms with Gasteiger partial charge in [-0.3, -0.25) is 9.59 Å². The van der Waals surface area contributed by atoms with E-state index in [1.54, 1.807) is 12.1 Å². The van der Waals surface area contributed by atoms with E-state index in [4.69, 9.17) is 0 Å². The molecule has 28 heavy (non-hydrogen) atoms. The van der Waals surface area contributed by atoms with Crippen molar-refractivity contribution in [2.75, 3.05) is 0 Å². The Hall–Kier alpha value is -2.23. The molecule has 0 amide bonds. The first-order chi connectivity index (χ1) is 13.6. The summed E-state index contributed by atoms with van der Waals surface area (Å²) in [7, 11) is 0. The van der Waals surface area contributed by atoms with Crippen molar-refractivity contribution in [1.29, 1.82) is 0 Å². The van der Waals surface area contributed by atoms with Gasteiger partial charge in [-0.05, 0) is 25.7 Å². The van der Waals surface area contributed by atoms with Gasteiger partial charge in [0.05, 0.1) is 13.1 Å². The summed E-state index contributed by atoms with van der Waals surface area (Å²) in [6.45, 7) is 8.06. The van der Waals surface area contributed by atoms with Crippen LogP contribution in [-0.4, -0.2) is 16.1 Å². The van der Waals surface area contributed by atoms with E-state index in [1.807, 2.05) is 12.1 Å². The third-order valence-electron chi connectivity index (χ3n) is 5.86. The molecule has 0 unspecified atom stereocenters. The van der Waals surface area contributed by atoms with Crippen molar-refractivity contribution >= 4 is 11.6 Å². The molecule has 0 spiro atoms. The van der Waals surface area contributed by atoms with Gasteiger partial charge in [-0.15, -0.1) is 0 Å². The summed E-state index contributed by atoms with van der Waals surface area (Å²) in [4.78, 5) is 26.6. The molecule has 0 bridgehead atoms. The monoisotopic (exact) mass is 381 g/mol. The SMILES string of the molecule is CCCCCCCn1c2c([n+](CCCCC)c1C)C(=O)c1ccccc1C2=O. The number of benzene rings is 1. The van der Waals surface area contributed by atoms with Gasteiger partial charge in [0.2, 0.25) is 23.0 Å². The molecule has 0 atom stereocenters. The first kappa shape index (κ1) is 20.5. The topological polar surface area (TPSA) is 43.0 Å². The molecule has 0 fully saturated rings.